The molecule has 6 heteroatoms. The van der Waals surface area contributed by atoms with Gasteiger partial charge in [0.05, 0.1) is 0 Å². The van der Waals surface area contributed by atoms with Crippen LogP contribution in [0, 0.1) is 6.92 Å². The molecule has 0 unspecified atom stereocenters. The zero-order chi connectivity index (χ0) is 18.6. The largest absolute Gasteiger partial charge is 0.360 e. The Morgan fingerprint density at radius 1 is 1.11 bits per heavy atom. The first-order chi connectivity index (χ1) is 13.2. The quantitative estimate of drug-likeness (QED) is 0.785. The first-order valence-corrected chi connectivity index (χ1v) is 10.3. The van der Waals surface area contributed by atoms with E-state index in [1.165, 1.54) is 43.2 Å². The molecule has 2 N–H and O–H groups in total. The lowest BCUT2D eigenvalue weighted by Crippen LogP contribution is -2.39. The first-order valence-electron chi connectivity index (χ1n) is 9.92. The molecule has 5 nitrogen and oxygen atoms in total. The van der Waals surface area contributed by atoms with E-state index in [2.05, 4.69) is 50.8 Å². The van der Waals surface area contributed by atoms with Crippen LogP contribution in [0.2, 0.25) is 0 Å². The number of hydrogen-bond donors (Lipinski definition) is 2. The van der Waals surface area contributed by atoms with E-state index in [1.54, 1.807) is 0 Å². The summed E-state index contributed by atoms with van der Waals surface area (Å²) in [6.45, 7) is 3.86. The molecule has 1 aromatic carbocycles. The van der Waals surface area contributed by atoms with Crippen LogP contribution < -0.4 is 15.5 Å². The maximum absolute atomic E-state index is 5.50. The van der Waals surface area contributed by atoms with Crippen molar-refractivity contribution in [2.24, 2.45) is 0 Å². The Balaban J connectivity index is 1.44. The fraction of sp³-hybridized carbons (Fsp3) is 0.476. The van der Waals surface area contributed by atoms with Crippen molar-refractivity contribution in [3.63, 3.8) is 0 Å². The molecule has 2 heterocycles. The molecule has 1 aliphatic carbocycles. The molecule has 4 rings (SSSR count). The second kappa shape index (κ2) is 8.21. The van der Waals surface area contributed by atoms with Crippen molar-refractivity contribution < 1.29 is 0 Å². The van der Waals surface area contributed by atoms with Gasteiger partial charge in [0.1, 0.15) is 5.82 Å². The molecule has 0 radical (unpaired) electrons. The summed E-state index contributed by atoms with van der Waals surface area (Å²) in [5.41, 5.74) is 3.77. The predicted octanol–water partition coefficient (Wildman–Crippen LogP) is 3.97. The Morgan fingerprint density at radius 2 is 1.89 bits per heavy atom. The van der Waals surface area contributed by atoms with Crippen LogP contribution in [0.15, 0.2) is 30.3 Å². The molecular formula is C21H27N5S. The van der Waals surface area contributed by atoms with Crippen LogP contribution in [0.4, 0.5) is 11.8 Å². The molecule has 1 fully saturated rings. The highest BCUT2D eigenvalue weighted by atomic mass is 32.1. The van der Waals surface area contributed by atoms with Gasteiger partial charge in [-0.3, -0.25) is 0 Å². The summed E-state index contributed by atoms with van der Waals surface area (Å²) in [7, 11) is 0. The average Bonchev–Trinajstić information content (AvgIpc) is 2.68. The van der Waals surface area contributed by atoms with Gasteiger partial charge in [0, 0.05) is 30.9 Å². The minimum atomic E-state index is 0.474. The van der Waals surface area contributed by atoms with Crippen molar-refractivity contribution in [2.45, 2.75) is 58.0 Å². The first kappa shape index (κ1) is 18.2. The highest BCUT2D eigenvalue weighted by Gasteiger charge is 2.19. The highest BCUT2D eigenvalue weighted by molar-refractivity contribution is 7.80. The molecule has 2 aromatic rings. The van der Waals surface area contributed by atoms with Crippen molar-refractivity contribution in [3.8, 4) is 0 Å². The van der Waals surface area contributed by atoms with Gasteiger partial charge < -0.3 is 15.5 Å². The summed E-state index contributed by atoms with van der Waals surface area (Å²) >= 11 is 5.50. The van der Waals surface area contributed by atoms with Gasteiger partial charge in [-0.25, -0.2) is 4.98 Å². The predicted molar refractivity (Wildman–Crippen MR) is 114 cm³/mol. The van der Waals surface area contributed by atoms with Crippen molar-refractivity contribution in [3.05, 3.63) is 47.2 Å². The van der Waals surface area contributed by atoms with Crippen LogP contribution in [0.1, 0.15) is 48.9 Å². The van der Waals surface area contributed by atoms with Crippen LogP contribution in [-0.4, -0.2) is 27.7 Å². The van der Waals surface area contributed by atoms with Crippen LogP contribution in [0.25, 0.3) is 0 Å². The number of benzene rings is 1. The van der Waals surface area contributed by atoms with E-state index >= 15 is 0 Å². The van der Waals surface area contributed by atoms with E-state index in [1.807, 2.05) is 6.92 Å². The number of hydrogen-bond acceptors (Lipinski definition) is 4. The van der Waals surface area contributed by atoms with Crippen LogP contribution >= 0.6 is 12.2 Å². The van der Waals surface area contributed by atoms with Crippen LogP contribution in [0.3, 0.4) is 0 Å². The Kier molecular flexibility index (Phi) is 5.53. The molecule has 2 aliphatic rings. The van der Waals surface area contributed by atoms with Gasteiger partial charge in [0.25, 0.3) is 0 Å². The molecule has 1 saturated carbocycles. The van der Waals surface area contributed by atoms with E-state index in [9.17, 15) is 0 Å². The minimum absolute atomic E-state index is 0.474. The molecule has 1 aromatic heterocycles. The van der Waals surface area contributed by atoms with Crippen molar-refractivity contribution in [1.29, 1.82) is 0 Å². The second-order valence-corrected chi connectivity index (χ2v) is 7.97. The molecule has 142 valence electrons. The summed E-state index contributed by atoms with van der Waals surface area (Å²) in [5.74, 6) is 1.54. The van der Waals surface area contributed by atoms with Gasteiger partial charge in [0.15, 0.2) is 5.11 Å². The van der Waals surface area contributed by atoms with Gasteiger partial charge in [-0.1, -0.05) is 43.5 Å². The van der Waals surface area contributed by atoms with E-state index in [0.717, 1.165) is 31.0 Å². The maximum atomic E-state index is 5.50. The van der Waals surface area contributed by atoms with Crippen LogP contribution in [0.5, 0.6) is 0 Å². The summed E-state index contributed by atoms with van der Waals surface area (Å²) in [5, 5.41) is 7.25. The monoisotopic (exact) mass is 381 g/mol. The highest BCUT2D eigenvalue weighted by Crippen LogP contribution is 2.24. The van der Waals surface area contributed by atoms with Gasteiger partial charge in [0.2, 0.25) is 5.95 Å². The average molecular weight is 382 g/mol. The molecule has 0 spiro atoms. The zero-order valence-corrected chi connectivity index (χ0v) is 16.7. The third-order valence-corrected chi connectivity index (χ3v) is 5.68. The van der Waals surface area contributed by atoms with Crippen molar-refractivity contribution in [1.82, 2.24) is 15.3 Å². The van der Waals surface area contributed by atoms with Gasteiger partial charge in [-0.05, 0) is 49.5 Å². The number of nitrogens with one attached hydrogen (secondary N) is 2. The lowest BCUT2D eigenvalue weighted by molar-refractivity contribution is 0.414. The van der Waals surface area contributed by atoms with Gasteiger partial charge in [-0.2, -0.15) is 4.98 Å². The number of thiocarbonyl (C=S) groups is 1. The fourth-order valence-electron chi connectivity index (χ4n) is 4.03. The molecular weight excluding hydrogens is 354 g/mol. The second-order valence-electron chi connectivity index (χ2n) is 7.56. The molecule has 0 saturated heterocycles. The van der Waals surface area contributed by atoms with Gasteiger partial charge in [-0.15, -0.1) is 0 Å². The number of anilines is 2. The number of nitrogens with zero attached hydrogens (tertiary/aromatic N) is 3. The number of rotatable bonds is 3. The van der Waals surface area contributed by atoms with Crippen molar-refractivity contribution in [2.75, 3.05) is 16.8 Å². The van der Waals surface area contributed by atoms with E-state index in [0.29, 0.717) is 17.1 Å². The summed E-state index contributed by atoms with van der Waals surface area (Å²) < 4.78 is 0. The normalized spacial score (nSPS) is 17.3. The standard InChI is InChI=1S/C21H27N5S/c1-15-13-19(26-12-11-16-7-5-6-8-17(16)14-26)24-20(22-15)25-21(27)23-18-9-3-2-4-10-18/h5-8,13,18H,2-4,9-12,14H2,1H3,(H2,22,23,24,25,27). The number of aryl methyl sites for hydroxylation is 1. The minimum Gasteiger partial charge on any atom is -0.360 e. The number of fused-ring (bicyclic) bond motifs is 1. The third kappa shape index (κ3) is 4.56. The van der Waals surface area contributed by atoms with E-state index < -0.39 is 0 Å². The topological polar surface area (TPSA) is 53.1 Å². The molecule has 0 atom stereocenters. The van der Waals surface area contributed by atoms with E-state index in [-0.39, 0.29) is 0 Å². The summed E-state index contributed by atoms with van der Waals surface area (Å²) in [6, 6.07) is 11.2. The third-order valence-electron chi connectivity index (χ3n) is 5.46. The smallest absolute Gasteiger partial charge is 0.231 e. The number of aromatic nitrogens is 2. The van der Waals surface area contributed by atoms with Crippen LogP contribution in [-0.2, 0) is 13.0 Å². The Hall–Kier alpha value is -2.21. The Labute approximate surface area is 166 Å². The molecule has 0 bridgehead atoms. The zero-order valence-electron chi connectivity index (χ0n) is 15.9. The Bertz CT molecular complexity index is 816. The molecule has 27 heavy (non-hydrogen) atoms. The summed E-state index contributed by atoms with van der Waals surface area (Å²) in [6.07, 6.45) is 7.32. The fourth-order valence-corrected chi connectivity index (χ4v) is 4.29. The maximum Gasteiger partial charge on any atom is 0.231 e. The van der Waals surface area contributed by atoms with Crippen molar-refractivity contribution >= 4 is 29.1 Å². The lowest BCUT2D eigenvalue weighted by atomic mass is 9.96. The lowest BCUT2D eigenvalue weighted by Gasteiger charge is -2.30. The van der Waals surface area contributed by atoms with Gasteiger partial charge >= 0.3 is 0 Å². The summed E-state index contributed by atoms with van der Waals surface area (Å²) in [4.78, 5) is 11.6. The van der Waals surface area contributed by atoms with E-state index in [4.69, 9.17) is 17.2 Å². The Morgan fingerprint density at radius 3 is 2.70 bits per heavy atom. The molecule has 1 aliphatic heterocycles. The molecule has 0 amide bonds. The SMILES string of the molecule is Cc1cc(N2CCc3ccccc3C2)nc(NC(=S)NC2CCCCC2)n1.